The van der Waals surface area contributed by atoms with Crippen molar-refractivity contribution in [3.05, 3.63) is 107 Å². The lowest BCUT2D eigenvalue weighted by molar-refractivity contribution is -0.132. The summed E-state index contributed by atoms with van der Waals surface area (Å²) >= 11 is 0. The second-order valence-corrected chi connectivity index (χ2v) is 7.45. The molecule has 3 aromatic rings. The molecule has 0 fully saturated rings. The zero-order chi connectivity index (χ0) is 21.3. The van der Waals surface area contributed by atoms with E-state index in [2.05, 4.69) is 36.5 Å². The average molecular weight is 401 g/mol. The zero-order valence-corrected chi connectivity index (χ0v) is 17.5. The third-order valence-corrected chi connectivity index (χ3v) is 5.15. The largest absolute Gasteiger partial charge is 0.340 e. The van der Waals surface area contributed by atoms with Crippen molar-refractivity contribution < 1.29 is 9.59 Å². The van der Waals surface area contributed by atoms with Gasteiger partial charge in [-0.15, -0.1) is 0 Å². The molecule has 0 aliphatic heterocycles. The van der Waals surface area contributed by atoms with Crippen LogP contribution >= 0.6 is 0 Å². The van der Waals surface area contributed by atoms with Crippen LogP contribution in [0.4, 0.5) is 0 Å². The van der Waals surface area contributed by atoms with E-state index in [-0.39, 0.29) is 11.8 Å². The number of rotatable bonds is 8. The quantitative estimate of drug-likeness (QED) is 0.615. The number of nitrogens with one attached hydrogen (secondary N) is 1. The standard InChI is InChI=1S/C26H28N2O2/c1-3-20-14-16-22(17-15-20)19-28(2)26(30)24(18-21-10-6-4-7-11-21)27-25(29)23-12-8-5-9-13-23/h4-17,24H,3,18-19H2,1-2H3,(H,27,29)/t24-/m1/s1. The Morgan fingerprint density at radius 2 is 1.37 bits per heavy atom. The highest BCUT2D eigenvalue weighted by molar-refractivity contribution is 5.97. The Kier molecular flexibility index (Phi) is 7.39. The minimum absolute atomic E-state index is 0.109. The summed E-state index contributed by atoms with van der Waals surface area (Å²) in [6.45, 7) is 2.61. The minimum atomic E-state index is -0.639. The van der Waals surface area contributed by atoms with Crippen LogP contribution < -0.4 is 5.32 Å². The van der Waals surface area contributed by atoms with Crippen LogP contribution in [0.5, 0.6) is 0 Å². The maximum Gasteiger partial charge on any atom is 0.251 e. The van der Waals surface area contributed by atoms with Gasteiger partial charge in [0.2, 0.25) is 5.91 Å². The molecule has 0 heterocycles. The van der Waals surface area contributed by atoms with E-state index < -0.39 is 6.04 Å². The van der Waals surface area contributed by atoms with E-state index in [0.29, 0.717) is 18.5 Å². The Bertz CT molecular complexity index is 953. The van der Waals surface area contributed by atoms with Crippen LogP contribution in [0, 0.1) is 0 Å². The number of carbonyl (C=O) groups is 2. The van der Waals surface area contributed by atoms with Crippen molar-refractivity contribution in [2.75, 3.05) is 7.05 Å². The van der Waals surface area contributed by atoms with E-state index in [1.165, 1.54) is 5.56 Å². The van der Waals surface area contributed by atoms with Gasteiger partial charge in [-0.2, -0.15) is 0 Å². The Morgan fingerprint density at radius 3 is 1.97 bits per heavy atom. The number of likely N-dealkylation sites (N-methyl/N-ethyl adjacent to an activating group) is 1. The first-order valence-corrected chi connectivity index (χ1v) is 10.3. The first-order chi connectivity index (χ1) is 14.6. The van der Waals surface area contributed by atoms with E-state index in [0.717, 1.165) is 17.5 Å². The van der Waals surface area contributed by atoms with E-state index in [1.807, 2.05) is 48.5 Å². The number of hydrogen-bond acceptors (Lipinski definition) is 2. The smallest absolute Gasteiger partial charge is 0.251 e. The van der Waals surface area contributed by atoms with Gasteiger partial charge in [-0.25, -0.2) is 0 Å². The van der Waals surface area contributed by atoms with Crippen molar-refractivity contribution in [2.24, 2.45) is 0 Å². The van der Waals surface area contributed by atoms with Gasteiger partial charge in [-0.05, 0) is 35.2 Å². The summed E-state index contributed by atoms with van der Waals surface area (Å²) in [5.41, 5.74) is 3.88. The van der Waals surface area contributed by atoms with Crippen molar-refractivity contribution in [1.29, 1.82) is 0 Å². The second-order valence-electron chi connectivity index (χ2n) is 7.45. The summed E-state index contributed by atoms with van der Waals surface area (Å²) in [6, 6.07) is 26.4. The Hall–Kier alpha value is -3.40. The molecule has 0 unspecified atom stereocenters. The molecule has 154 valence electrons. The molecule has 30 heavy (non-hydrogen) atoms. The van der Waals surface area contributed by atoms with Gasteiger partial charge in [0, 0.05) is 25.6 Å². The van der Waals surface area contributed by atoms with Gasteiger partial charge < -0.3 is 10.2 Å². The highest BCUT2D eigenvalue weighted by atomic mass is 16.2. The van der Waals surface area contributed by atoms with Crippen LogP contribution in [0.1, 0.15) is 34.0 Å². The Balaban J connectivity index is 1.75. The first kappa shape index (κ1) is 21.3. The summed E-state index contributed by atoms with van der Waals surface area (Å²) < 4.78 is 0. The highest BCUT2D eigenvalue weighted by Gasteiger charge is 2.25. The Labute approximate surface area is 178 Å². The van der Waals surface area contributed by atoms with Crippen molar-refractivity contribution in [3.63, 3.8) is 0 Å². The van der Waals surface area contributed by atoms with Gasteiger partial charge in [-0.3, -0.25) is 9.59 Å². The fourth-order valence-electron chi connectivity index (χ4n) is 3.38. The zero-order valence-electron chi connectivity index (χ0n) is 17.5. The molecule has 0 saturated heterocycles. The molecule has 0 saturated carbocycles. The monoisotopic (exact) mass is 400 g/mol. The molecule has 1 N–H and O–H groups in total. The third kappa shape index (κ3) is 5.80. The molecule has 0 aliphatic carbocycles. The molecule has 1 atom stereocenters. The molecule has 4 nitrogen and oxygen atoms in total. The van der Waals surface area contributed by atoms with Gasteiger partial charge in [0.15, 0.2) is 0 Å². The number of nitrogens with zero attached hydrogens (tertiary/aromatic N) is 1. The lowest BCUT2D eigenvalue weighted by Crippen LogP contribution is -2.48. The van der Waals surface area contributed by atoms with Crippen LogP contribution in [0.15, 0.2) is 84.9 Å². The summed E-state index contributed by atoms with van der Waals surface area (Å²) in [7, 11) is 1.78. The molecular formula is C26H28N2O2. The molecular weight excluding hydrogens is 372 g/mol. The lowest BCUT2D eigenvalue weighted by Gasteiger charge is -2.25. The average Bonchev–Trinajstić information content (AvgIpc) is 2.79. The molecule has 3 aromatic carbocycles. The first-order valence-electron chi connectivity index (χ1n) is 10.3. The maximum atomic E-state index is 13.3. The minimum Gasteiger partial charge on any atom is -0.340 e. The SMILES string of the molecule is CCc1ccc(CN(C)C(=O)[C@@H](Cc2ccccc2)NC(=O)c2ccccc2)cc1. The second kappa shape index (κ2) is 10.4. The lowest BCUT2D eigenvalue weighted by atomic mass is 10.0. The van der Waals surface area contributed by atoms with E-state index >= 15 is 0 Å². The van der Waals surface area contributed by atoms with Crippen molar-refractivity contribution in [2.45, 2.75) is 32.4 Å². The fourth-order valence-corrected chi connectivity index (χ4v) is 3.38. The van der Waals surface area contributed by atoms with Crippen molar-refractivity contribution >= 4 is 11.8 Å². The van der Waals surface area contributed by atoms with Crippen LogP contribution in [-0.4, -0.2) is 29.8 Å². The van der Waals surface area contributed by atoms with E-state index in [9.17, 15) is 9.59 Å². The maximum absolute atomic E-state index is 13.3. The van der Waals surface area contributed by atoms with Crippen LogP contribution in [0.3, 0.4) is 0 Å². The van der Waals surface area contributed by atoms with Crippen LogP contribution in [0.2, 0.25) is 0 Å². The predicted octanol–water partition coefficient (Wildman–Crippen LogP) is 4.25. The summed E-state index contributed by atoms with van der Waals surface area (Å²) in [5, 5.41) is 2.94. The summed E-state index contributed by atoms with van der Waals surface area (Å²) in [6.07, 6.45) is 1.43. The van der Waals surface area contributed by atoms with Gasteiger partial charge >= 0.3 is 0 Å². The topological polar surface area (TPSA) is 49.4 Å². The third-order valence-electron chi connectivity index (χ3n) is 5.15. The number of aryl methyl sites for hydroxylation is 1. The molecule has 0 radical (unpaired) electrons. The van der Waals surface area contributed by atoms with Gasteiger partial charge in [-0.1, -0.05) is 79.7 Å². The van der Waals surface area contributed by atoms with Gasteiger partial charge in [0.05, 0.1) is 0 Å². The molecule has 0 aliphatic rings. The van der Waals surface area contributed by atoms with Gasteiger partial charge in [0.1, 0.15) is 6.04 Å². The number of benzene rings is 3. The summed E-state index contributed by atoms with van der Waals surface area (Å²) in [4.78, 5) is 27.7. The normalized spacial score (nSPS) is 11.5. The van der Waals surface area contributed by atoms with Crippen molar-refractivity contribution in [1.82, 2.24) is 10.2 Å². The number of amides is 2. The Morgan fingerprint density at radius 1 is 0.800 bits per heavy atom. The van der Waals surface area contributed by atoms with Crippen LogP contribution in [-0.2, 0) is 24.2 Å². The van der Waals surface area contributed by atoms with Crippen molar-refractivity contribution in [3.8, 4) is 0 Å². The summed E-state index contributed by atoms with van der Waals surface area (Å²) in [5.74, 6) is -0.353. The van der Waals surface area contributed by atoms with Crippen LogP contribution in [0.25, 0.3) is 0 Å². The molecule has 0 bridgehead atoms. The number of hydrogen-bond donors (Lipinski definition) is 1. The molecule has 2 amide bonds. The molecule has 4 heteroatoms. The molecule has 0 aromatic heterocycles. The number of carbonyl (C=O) groups excluding carboxylic acids is 2. The fraction of sp³-hybridized carbons (Fsp3) is 0.231. The molecule has 0 spiro atoms. The predicted molar refractivity (Wildman–Crippen MR) is 120 cm³/mol. The molecule has 3 rings (SSSR count). The van der Waals surface area contributed by atoms with Gasteiger partial charge in [0.25, 0.3) is 5.91 Å². The van der Waals surface area contributed by atoms with E-state index in [1.54, 1.807) is 24.1 Å². The van der Waals surface area contributed by atoms with E-state index in [4.69, 9.17) is 0 Å². The highest BCUT2D eigenvalue weighted by Crippen LogP contribution is 2.11.